The van der Waals surface area contributed by atoms with Crippen LogP contribution in [0.2, 0.25) is 0 Å². The molecule has 0 aromatic rings. The molecule has 0 heteroatoms. The van der Waals surface area contributed by atoms with Gasteiger partial charge in [-0.05, 0) is 12.0 Å². The van der Waals surface area contributed by atoms with E-state index in [0.717, 1.165) is 0 Å². The summed E-state index contributed by atoms with van der Waals surface area (Å²) < 4.78 is 0. The Morgan fingerprint density at radius 2 is 2.20 bits per heavy atom. The summed E-state index contributed by atoms with van der Waals surface area (Å²) in [6.45, 7) is 0. The van der Waals surface area contributed by atoms with Crippen LogP contribution in [-0.2, 0) is 0 Å². The topological polar surface area (TPSA) is 0 Å². The van der Waals surface area contributed by atoms with Crippen molar-refractivity contribution in [2.75, 3.05) is 0 Å². The van der Waals surface area contributed by atoms with Crippen molar-refractivity contribution in [1.82, 2.24) is 0 Å². The van der Waals surface area contributed by atoms with Crippen molar-refractivity contribution in [2.24, 2.45) is 5.92 Å². The van der Waals surface area contributed by atoms with E-state index in [2.05, 4.69) is 42.5 Å². The van der Waals surface area contributed by atoms with Gasteiger partial charge < -0.3 is 0 Å². The highest BCUT2D eigenvalue weighted by molar-refractivity contribution is 5.37. The standard InChI is InChI=1S/C10H10/c1-2-5-9-7-4-8-10(9)6-3-1/h1-7,10H,8H2. The van der Waals surface area contributed by atoms with E-state index >= 15 is 0 Å². The highest BCUT2D eigenvalue weighted by Gasteiger charge is 2.11. The molecule has 0 aromatic heterocycles. The molecular weight excluding hydrogens is 120 g/mol. The zero-order valence-corrected chi connectivity index (χ0v) is 5.83. The van der Waals surface area contributed by atoms with E-state index in [1.807, 2.05) is 0 Å². The molecule has 0 amide bonds. The molecule has 0 saturated heterocycles. The van der Waals surface area contributed by atoms with Crippen LogP contribution >= 0.6 is 0 Å². The van der Waals surface area contributed by atoms with Crippen molar-refractivity contribution in [2.45, 2.75) is 6.42 Å². The summed E-state index contributed by atoms with van der Waals surface area (Å²) in [5, 5.41) is 0. The molecule has 0 saturated carbocycles. The fourth-order valence-electron chi connectivity index (χ4n) is 1.41. The number of hydrogen-bond acceptors (Lipinski definition) is 0. The van der Waals surface area contributed by atoms with Crippen LogP contribution in [-0.4, -0.2) is 0 Å². The zero-order valence-electron chi connectivity index (χ0n) is 5.83. The highest BCUT2D eigenvalue weighted by Crippen LogP contribution is 2.26. The van der Waals surface area contributed by atoms with Gasteiger partial charge in [-0.1, -0.05) is 42.5 Å². The van der Waals surface area contributed by atoms with Gasteiger partial charge in [0.2, 0.25) is 0 Å². The van der Waals surface area contributed by atoms with Crippen molar-refractivity contribution in [1.29, 1.82) is 0 Å². The summed E-state index contributed by atoms with van der Waals surface area (Å²) in [6, 6.07) is 0. The maximum atomic E-state index is 2.26. The summed E-state index contributed by atoms with van der Waals surface area (Å²) in [5.74, 6) is 0.662. The van der Waals surface area contributed by atoms with Gasteiger partial charge in [-0.25, -0.2) is 0 Å². The normalized spacial score (nSPS) is 28.0. The van der Waals surface area contributed by atoms with Crippen molar-refractivity contribution >= 4 is 0 Å². The first kappa shape index (κ1) is 5.72. The smallest absolute Gasteiger partial charge is 0.00555 e. The number of allylic oxidation sites excluding steroid dienone is 8. The average Bonchev–Trinajstić information content (AvgIpc) is 2.28. The molecule has 2 rings (SSSR count). The van der Waals surface area contributed by atoms with Crippen LogP contribution in [0, 0.1) is 5.92 Å². The second-order valence-corrected chi connectivity index (χ2v) is 2.68. The predicted octanol–water partition coefficient (Wildman–Crippen LogP) is 2.61. The van der Waals surface area contributed by atoms with Crippen LogP contribution in [0.4, 0.5) is 0 Å². The lowest BCUT2D eigenvalue weighted by molar-refractivity contribution is 0.834. The Morgan fingerprint density at radius 1 is 1.20 bits per heavy atom. The van der Waals surface area contributed by atoms with E-state index in [0.29, 0.717) is 5.92 Å². The van der Waals surface area contributed by atoms with Crippen LogP contribution in [0.25, 0.3) is 0 Å². The first-order valence-corrected chi connectivity index (χ1v) is 3.68. The van der Waals surface area contributed by atoms with Gasteiger partial charge in [-0.15, -0.1) is 0 Å². The third-order valence-corrected chi connectivity index (χ3v) is 1.98. The molecule has 2 aliphatic carbocycles. The monoisotopic (exact) mass is 130 g/mol. The molecule has 0 N–H and O–H groups in total. The molecule has 50 valence electrons. The molecule has 0 radical (unpaired) electrons. The average molecular weight is 130 g/mol. The Morgan fingerprint density at radius 3 is 3.20 bits per heavy atom. The van der Waals surface area contributed by atoms with Crippen LogP contribution < -0.4 is 0 Å². The zero-order chi connectivity index (χ0) is 6.81. The first-order valence-electron chi connectivity index (χ1n) is 3.68. The van der Waals surface area contributed by atoms with Gasteiger partial charge in [0.25, 0.3) is 0 Å². The number of fused-ring (bicyclic) bond motifs is 1. The minimum atomic E-state index is 0.662. The second kappa shape index (κ2) is 2.30. The quantitative estimate of drug-likeness (QED) is 0.473. The summed E-state index contributed by atoms with van der Waals surface area (Å²) in [4.78, 5) is 0. The van der Waals surface area contributed by atoms with Crippen LogP contribution in [0.1, 0.15) is 6.42 Å². The maximum Gasteiger partial charge on any atom is 0.00555 e. The van der Waals surface area contributed by atoms with Gasteiger partial charge in [-0.2, -0.15) is 0 Å². The highest BCUT2D eigenvalue weighted by atomic mass is 14.2. The Kier molecular flexibility index (Phi) is 1.31. The molecule has 2 aliphatic rings. The summed E-state index contributed by atoms with van der Waals surface area (Å²) in [7, 11) is 0. The largest absolute Gasteiger partial charge is 0.0833 e. The van der Waals surface area contributed by atoms with Gasteiger partial charge >= 0.3 is 0 Å². The van der Waals surface area contributed by atoms with E-state index < -0.39 is 0 Å². The summed E-state index contributed by atoms with van der Waals surface area (Å²) in [5.41, 5.74) is 1.45. The first-order chi connectivity index (χ1) is 4.97. The van der Waals surface area contributed by atoms with Gasteiger partial charge in [0.15, 0.2) is 0 Å². The van der Waals surface area contributed by atoms with Gasteiger partial charge in [-0.3, -0.25) is 0 Å². The molecule has 0 fully saturated rings. The lowest BCUT2D eigenvalue weighted by atomic mass is 10.0. The SMILES string of the molecule is C1=CC=C2C=CCC2C=C1. The lowest BCUT2D eigenvalue weighted by Crippen LogP contribution is -1.89. The van der Waals surface area contributed by atoms with Crippen molar-refractivity contribution < 1.29 is 0 Å². The number of hydrogen-bond donors (Lipinski definition) is 0. The second-order valence-electron chi connectivity index (χ2n) is 2.68. The Balaban J connectivity index is 2.36. The summed E-state index contributed by atoms with van der Waals surface area (Å²) >= 11 is 0. The Hall–Kier alpha value is -1.04. The molecule has 0 nitrogen and oxygen atoms in total. The van der Waals surface area contributed by atoms with Crippen molar-refractivity contribution in [3.63, 3.8) is 0 Å². The fourth-order valence-corrected chi connectivity index (χ4v) is 1.41. The van der Waals surface area contributed by atoms with E-state index in [1.54, 1.807) is 0 Å². The summed E-state index contributed by atoms with van der Waals surface area (Å²) in [6.07, 6.45) is 16.4. The minimum Gasteiger partial charge on any atom is -0.0833 e. The predicted molar refractivity (Wildman–Crippen MR) is 43.6 cm³/mol. The van der Waals surface area contributed by atoms with E-state index in [9.17, 15) is 0 Å². The van der Waals surface area contributed by atoms with E-state index in [-0.39, 0.29) is 0 Å². The molecule has 1 atom stereocenters. The molecular formula is C10H10. The van der Waals surface area contributed by atoms with Gasteiger partial charge in [0.05, 0.1) is 0 Å². The van der Waals surface area contributed by atoms with Gasteiger partial charge in [0, 0.05) is 5.92 Å². The Labute approximate surface area is 61.3 Å². The maximum absolute atomic E-state index is 2.26. The van der Waals surface area contributed by atoms with E-state index in [1.165, 1.54) is 12.0 Å². The lowest BCUT2D eigenvalue weighted by Gasteiger charge is -2.02. The molecule has 0 heterocycles. The molecule has 0 aliphatic heterocycles. The molecule has 10 heavy (non-hydrogen) atoms. The van der Waals surface area contributed by atoms with Crippen LogP contribution in [0.15, 0.2) is 48.1 Å². The van der Waals surface area contributed by atoms with Crippen molar-refractivity contribution in [3.05, 3.63) is 48.1 Å². The van der Waals surface area contributed by atoms with E-state index in [4.69, 9.17) is 0 Å². The molecule has 0 bridgehead atoms. The van der Waals surface area contributed by atoms with Crippen LogP contribution in [0.3, 0.4) is 0 Å². The fraction of sp³-hybridized carbons (Fsp3) is 0.200. The molecule has 1 unspecified atom stereocenters. The third kappa shape index (κ3) is 0.860. The van der Waals surface area contributed by atoms with Gasteiger partial charge in [0.1, 0.15) is 0 Å². The Bertz CT molecular complexity index is 239. The van der Waals surface area contributed by atoms with Crippen LogP contribution in [0.5, 0.6) is 0 Å². The molecule has 0 aromatic carbocycles. The third-order valence-electron chi connectivity index (χ3n) is 1.98. The number of rotatable bonds is 0. The van der Waals surface area contributed by atoms with Crippen molar-refractivity contribution in [3.8, 4) is 0 Å². The molecule has 0 spiro atoms. The minimum absolute atomic E-state index is 0.662.